The van der Waals surface area contributed by atoms with Crippen LogP contribution in [0, 0.1) is 5.82 Å². The van der Waals surface area contributed by atoms with Gasteiger partial charge in [-0.3, -0.25) is 0 Å². The summed E-state index contributed by atoms with van der Waals surface area (Å²) in [6, 6.07) is 6.69. The zero-order chi connectivity index (χ0) is 12.5. The van der Waals surface area contributed by atoms with Gasteiger partial charge in [0.2, 0.25) is 0 Å². The van der Waals surface area contributed by atoms with Gasteiger partial charge in [0.1, 0.15) is 11.6 Å². The molecule has 0 aliphatic heterocycles. The fourth-order valence-corrected chi connectivity index (χ4v) is 2.35. The molecule has 0 radical (unpaired) electrons. The Hall–Kier alpha value is -1.68. The molecule has 0 saturated heterocycles. The van der Waals surface area contributed by atoms with Gasteiger partial charge in [0.25, 0.3) is 0 Å². The molecule has 0 amide bonds. The summed E-state index contributed by atoms with van der Waals surface area (Å²) in [5.41, 5.74) is 7.78. The van der Waals surface area contributed by atoms with Gasteiger partial charge < -0.3 is 10.2 Å². The monoisotopic (exact) mass is 246 g/mol. The summed E-state index contributed by atoms with van der Waals surface area (Å²) < 4.78 is 18.8. The summed E-state index contributed by atoms with van der Waals surface area (Å²) in [5, 5.41) is 0. The molecule has 1 atom stereocenters. The molecule has 1 aliphatic rings. The number of aryl methyl sites for hydroxylation is 1. The maximum absolute atomic E-state index is 13.1. The Balaban J connectivity index is 1.82. The van der Waals surface area contributed by atoms with Gasteiger partial charge in [-0.05, 0) is 30.5 Å². The number of nitrogens with zero attached hydrogens (tertiary/aromatic N) is 1. The fraction of sp³-hybridized carbons (Fsp3) is 0.357. The largest absolute Gasteiger partial charge is 0.445 e. The third-order valence-electron chi connectivity index (χ3n) is 3.27. The number of aromatic nitrogens is 1. The van der Waals surface area contributed by atoms with Crippen LogP contribution in [0.2, 0.25) is 0 Å². The highest BCUT2D eigenvalue weighted by atomic mass is 19.1. The smallest absolute Gasteiger partial charge is 0.199 e. The highest BCUT2D eigenvalue weighted by molar-refractivity contribution is 5.22. The number of benzene rings is 1. The predicted molar refractivity (Wildman–Crippen MR) is 65.7 cm³/mol. The number of rotatable bonds is 2. The second kappa shape index (κ2) is 4.53. The second-order valence-corrected chi connectivity index (χ2v) is 4.79. The van der Waals surface area contributed by atoms with Crippen LogP contribution in [0.25, 0.3) is 0 Å². The van der Waals surface area contributed by atoms with E-state index in [0.717, 1.165) is 36.3 Å². The molecule has 0 saturated carbocycles. The lowest BCUT2D eigenvalue weighted by molar-refractivity contribution is 0.427. The maximum atomic E-state index is 13.1. The molecule has 18 heavy (non-hydrogen) atoms. The van der Waals surface area contributed by atoms with Crippen LogP contribution in [0.15, 0.2) is 28.7 Å². The van der Waals surface area contributed by atoms with Crippen molar-refractivity contribution in [1.29, 1.82) is 0 Å². The van der Waals surface area contributed by atoms with Crippen LogP contribution in [0.4, 0.5) is 4.39 Å². The number of oxazole rings is 1. The van der Waals surface area contributed by atoms with Crippen LogP contribution in [0.5, 0.6) is 0 Å². The van der Waals surface area contributed by atoms with Crippen molar-refractivity contribution in [2.75, 3.05) is 0 Å². The standard InChI is InChI=1S/C14H15FN2O/c15-10-3-1-2-9(6-10)7-14-17-12-5-4-11(16)8-13(12)18-14/h1-3,6,11H,4-5,7-8,16H2. The van der Waals surface area contributed by atoms with Gasteiger partial charge >= 0.3 is 0 Å². The van der Waals surface area contributed by atoms with Gasteiger partial charge in [-0.1, -0.05) is 12.1 Å². The number of hydrogen-bond acceptors (Lipinski definition) is 3. The molecule has 1 aliphatic carbocycles. The zero-order valence-electron chi connectivity index (χ0n) is 10.0. The van der Waals surface area contributed by atoms with E-state index < -0.39 is 0 Å². The Kier molecular flexibility index (Phi) is 2.88. The van der Waals surface area contributed by atoms with E-state index in [1.54, 1.807) is 6.07 Å². The van der Waals surface area contributed by atoms with Crippen LogP contribution in [0.3, 0.4) is 0 Å². The average molecular weight is 246 g/mol. The molecule has 3 nitrogen and oxygen atoms in total. The van der Waals surface area contributed by atoms with Crippen molar-refractivity contribution < 1.29 is 8.81 Å². The molecule has 0 fully saturated rings. The lowest BCUT2D eigenvalue weighted by Gasteiger charge is -2.14. The van der Waals surface area contributed by atoms with E-state index >= 15 is 0 Å². The van der Waals surface area contributed by atoms with Gasteiger partial charge in [0.15, 0.2) is 5.89 Å². The normalized spacial score (nSPS) is 18.7. The van der Waals surface area contributed by atoms with Crippen LogP contribution in [-0.2, 0) is 19.3 Å². The summed E-state index contributed by atoms with van der Waals surface area (Å²) in [4.78, 5) is 4.47. The van der Waals surface area contributed by atoms with Crippen LogP contribution < -0.4 is 5.73 Å². The molecule has 4 heteroatoms. The van der Waals surface area contributed by atoms with Gasteiger partial charge in [-0.25, -0.2) is 9.37 Å². The second-order valence-electron chi connectivity index (χ2n) is 4.79. The first-order chi connectivity index (χ1) is 8.70. The Morgan fingerprint density at radius 3 is 3.17 bits per heavy atom. The lowest BCUT2D eigenvalue weighted by Crippen LogP contribution is -2.27. The van der Waals surface area contributed by atoms with E-state index in [0.29, 0.717) is 12.3 Å². The SMILES string of the molecule is NC1CCc2nc(Cc3cccc(F)c3)oc2C1. The van der Waals surface area contributed by atoms with Crippen molar-refractivity contribution in [1.82, 2.24) is 4.98 Å². The molecule has 0 spiro atoms. The molecule has 2 N–H and O–H groups in total. The number of hydrogen-bond donors (Lipinski definition) is 1. The van der Waals surface area contributed by atoms with E-state index in [1.807, 2.05) is 6.07 Å². The first-order valence-electron chi connectivity index (χ1n) is 6.18. The highest BCUT2D eigenvalue weighted by Gasteiger charge is 2.21. The lowest BCUT2D eigenvalue weighted by atomic mass is 9.98. The molecule has 0 bridgehead atoms. The zero-order valence-corrected chi connectivity index (χ0v) is 10.0. The average Bonchev–Trinajstić information content (AvgIpc) is 2.70. The topological polar surface area (TPSA) is 52.0 Å². The minimum absolute atomic E-state index is 0.174. The minimum Gasteiger partial charge on any atom is -0.445 e. The Bertz CT molecular complexity index is 565. The van der Waals surface area contributed by atoms with Crippen molar-refractivity contribution in [3.63, 3.8) is 0 Å². The summed E-state index contributed by atoms with van der Waals surface area (Å²) >= 11 is 0. The molecule has 1 unspecified atom stereocenters. The minimum atomic E-state index is -0.231. The van der Waals surface area contributed by atoms with E-state index in [9.17, 15) is 4.39 Å². The van der Waals surface area contributed by atoms with Crippen molar-refractivity contribution in [3.05, 3.63) is 53.0 Å². The van der Waals surface area contributed by atoms with E-state index in [1.165, 1.54) is 12.1 Å². The summed E-state index contributed by atoms with van der Waals surface area (Å²) in [5.74, 6) is 1.32. The fourth-order valence-electron chi connectivity index (χ4n) is 2.35. The van der Waals surface area contributed by atoms with Crippen LogP contribution in [-0.4, -0.2) is 11.0 Å². The van der Waals surface area contributed by atoms with Gasteiger partial charge in [-0.15, -0.1) is 0 Å². The maximum Gasteiger partial charge on any atom is 0.199 e. The van der Waals surface area contributed by atoms with Crippen LogP contribution in [0.1, 0.15) is 29.3 Å². The molecule has 1 heterocycles. The van der Waals surface area contributed by atoms with Crippen molar-refractivity contribution in [3.8, 4) is 0 Å². The molecule has 1 aromatic carbocycles. The quantitative estimate of drug-likeness (QED) is 0.884. The Morgan fingerprint density at radius 1 is 1.44 bits per heavy atom. The van der Waals surface area contributed by atoms with Crippen molar-refractivity contribution >= 4 is 0 Å². The van der Waals surface area contributed by atoms with E-state index in [4.69, 9.17) is 10.2 Å². The van der Waals surface area contributed by atoms with Crippen molar-refractivity contribution in [2.24, 2.45) is 5.73 Å². The summed E-state index contributed by atoms with van der Waals surface area (Å²) in [7, 11) is 0. The van der Waals surface area contributed by atoms with Gasteiger partial charge in [0, 0.05) is 18.9 Å². The predicted octanol–water partition coefficient (Wildman–Crippen LogP) is 2.22. The first-order valence-corrected chi connectivity index (χ1v) is 6.18. The van der Waals surface area contributed by atoms with Crippen molar-refractivity contribution in [2.45, 2.75) is 31.7 Å². The Labute approximate surface area is 105 Å². The molecular weight excluding hydrogens is 231 g/mol. The highest BCUT2D eigenvalue weighted by Crippen LogP contribution is 2.22. The van der Waals surface area contributed by atoms with Gasteiger partial charge in [-0.2, -0.15) is 0 Å². The van der Waals surface area contributed by atoms with E-state index in [2.05, 4.69) is 4.98 Å². The molecule has 94 valence electrons. The molecular formula is C14H15FN2O. The molecule has 2 aromatic rings. The van der Waals surface area contributed by atoms with E-state index in [-0.39, 0.29) is 11.9 Å². The number of nitrogens with two attached hydrogens (primary N) is 1. The summed E-state index contributed by atoms with van der Waals surface area (Å²) in [6.45, 7) is 0. The van der Waals surface area contributed by atoms with Crippen LogP contribution >= 0.6 is 0 Å². The molecule has 1 aromatic heterocycles. The third-order valence-corrected chi connectivity index (χ3v) is 3.27. The number of halogens is 1. The Morgan fingerprint density at radius 2 is 2.33 bits per heavy atom. The summed E-state index contributed by atoms with van der Waals surface area (Å²) in [6.07, 6.45) is 3.12. The molecule has 3 rings (SSSR count). The van der Waals surface area contributed by atoms with Gasteiger partial charge in [0.05, 0.1) is 5.69 Å². The first kappa shape index (κ1) is 11.4. The number of fused-ring (bicyclic) bond motifs is 1. The third kappa shape index (κ3) is 2.29.